The number of rotatable bonds is 6. The van der Waals surface area contributed by atoms with Crippen LogP contribution in [0.3, 0.4) is 0 Å². The number of ketones is 1. The Morgan fingerprint density at radius 1 is 1.16 bits per heavy atom. The van der Waals surface area contributed by atoms with Gasteiger partial charge in [-0.05, 0) is 80.4 Å². The maximum atomic E-state index is 14.1. The number of cyclic esters (lactones) is 1. The number of carbonyl (C=O) groups is 3. The van der Waals surface area contributed by atoms with Crippen molar-refractivity contribution in [2.24, 2.45) is 29.4 Å². The minimum Gasteiger partial charge on any atom is -0.458 e. The van der Waals surface area contributed by atoms with Crippen molar-refractivity contribution in [2.75, 3.05) is 27.7 Å². The van der Waals surface area contributed by atoms with E-state index in [0.717, 1.165) is 0 Å². The summed E-state index contributed by atoms with van der Waals surface area (Å²) in [6.45, 7) is 15.3. The van der Waals surface area contributed by atoms with Crippen molar-refractivity contribution in [3.8, 4) is 0 Å². The fourth-order valence-corrected chi connectivity index (χ4v) is 7.61. The number of nitrogens with one attached hydrogen (secondary N) is 1. The van der Waals surface area contributed by atoms with E-state index in [0.29, 0.717) is 25.8 Å². The highest BCUT2D eigenvalue weighted by molar-refractivity contribution is 6.00. The summed E-state index contributed by atoms with van der Waals surface area (Å²) in [7, 11) is 5.34. The first kappa shape index (κ1) is 37.8. The van der Waals surface area contributed by atoms with Crippen molar-refractivity contribution in [2.45, 2.75) is 141 Å². The molecular formula is C33H59N3O9. The fraction of sp³-hybridized carbons (Fsp3) is 0.909. The van der Waals surface area contributed by atoms with Crippen molar-refractivity contribution < 1.29 is 43.2 Å². The molecule has 3 aliphatic heterocycles. The first-order valence-electron chi connectivity index (χ1n) is 16.6. The molecule has 3 rings (SSSR count). The van der Waals surface area contributed by atoms with Gasteiger partial charge in [-0.25, -0.2) is 0 Å². The Labute approximate surface area is 269 Å². The number of hydrogen-bond donors (Lipinski definition) is 3. The molecule has 0 amide bonds. The number of aliphatic hydroxyl groups excluding tert-OH is 1. The molecule has 3 fully saturated rings. The van der Waals surface area contributed by atoms with Crippen molar-refractivity contribution >= 4 is 17.7 Å². The van der Waals surface area contributed by atoms with E-state index < -0.39 is 53.6 Å². The normalized spacial score (nSPS) is 44.8. The van der Waals surface area contributed by atoms with Crippen molar-refractivity contribution in [3.05, 3.63) is 0 Å². The van der Waals surface area contributed by atoms with E-state index >= 15 is 0 Å². The zero-order chi connectivity index (χ0) is 34.0. The van der Waals surface area contributed by atoms with E-state index in [-0.39, 0.29) is 54.2 Å². The van der Waals surface area contributed by atoms with Crippen LogP contribution in [-0.2, 0) is 38.1 Å². The molecule has 12 nitrogen and oxygen atoms in total. The third kappa shape index (κ3) is 8.08. The predicted octanol–water partition coefficient (Wildman–Crippen LogP) is 2.03. The van der Waals surface area contributed by atoms with Gasteiger partial charge in [0, 0.05) is 37.1 Å². The summed E-state index contributed by atoms with van der Waals surface area (Å²) < 4.78 is 30.9. The van der Waals surface area contributed by atoms with Crippen molar-refractivity contribution in [1.82, 2.24) is 10.2 Å². The van der Waals surface area contributed by atoms with Gasteiger partial charge >= 0.3 is 11.9 Å². The van der Waals surface area contributed by atoms with Gasteiger partial charge in [0.2, 0.25) is 0 Å². The highest BCUT2D eigenvalue weighted by Gasteiger charge is 2.55. The van der Waals surface area contributed by atoms with Crippen LogP contribution in [0.4, 0.5) is 0 Å². The molecule has 3 saturated heterocycles. The number of nitrogens with two attached hydrogens (primary N) is 1. The number of nitrogens with zero attached hydrogens (tertiary/aromatic N) is 1. The molecule has 260 valence electrons. The average Bonchev–Trinajstić information content (AvgIpc) is 3.30. The van der Waals surface area contributed by atoms with Gasteiger partial charge in [-0.1, -0.05) is 20.8 Å². The Kier molecular flexibility index (Phi) is 12.6. The highest BCUT2D eigenvalue weighted by Crippen LogP contribution is 2.42. The molecule has 3 heterocycles. The summed E-state index contributed by atoms with van der Waals surface area (Å²) in [4.78, 5) is 42.2. The van der Waals surface area contributed by atoms with Gasteiger partial charge < -0.3 is 44.7 Å². The SMILES string of the molecule is CC[C@H]1OC(=O)C(C)C(=O)[C@H](C)[C@@H](O[C@@H]2O[C@H](C(C)N)CC(N(C)C)[C@H]2O)[C@](C)(OC)C[C@@H](C)CN[C@H](C)[C@H]2CC(=O)O[C@@]21C. The smallest absolute Gasteiger partial charge is 0.316 e. The van der Waals surface area contributed by atoms with E-state index in [2.05, 4.69) is 12.2 Å². The second-order valence-electron chi connectivity index (χ2n) is 14.5. The summed E-state index contributed by atoms with van der Waals surface area (Å²) >= 11 is 0. The van der Waals surface area contributed by atoms with Crippen LogP contribution in [0.2, 0.25) is 0 Å². The number of fused-ring (bicyclic) bond motifs is 1. The quantitative estimate of drug-likeness (QED) is 0.287. The lowest BCUT2D eigenvalue weighted by atomic mass is 9.78. The Morgan fingerprint density at radius 2 is 1.80 bits per heavy atom. The number of esters is 2. The largest absolute Gasteiger partial charge is 0.458 e. The van der Waals surface area contributed by atoms with Crippen molar-refractivity contribution in [3.63, 3.8) is 0 Å². The minimum absolute atomic E-state index is 0.0426. The van der Waals surface area contributed by atoms with E-state index in [1.807, 2.05) is 53.6 Å². The molecule has 4 N–H and O–H groups in total. The molecule has 0 aromatic rings. The molecule has 3 aliphatic rings. The number of Topliss-reactive ketones (excluding diaryl/α,β-unsaturated/α-hetero) is 1. The lowest BCUT2D eigenvalue weighted by Crippen LogP contribution is -2.61. The molecule has 0 bridgehead atoms. The molecule has 12 heteroatoms. The Bertz CT molecular complexity index is 1040. The Balaban J connectivity index is 2.04. The van der Waals surface area contributed by atoms with Gasteiger partial charge in [-0.2, -0.15) is 0 Å². The second kappa shape index (κ2) is 15.0. The number of likely N-dealkylation sites (N-methyl/N-ethyl adjacent to an activating group) is 1. The van der Waals surface area contributed by atoms with Crippen LogP contribution in [0.15, 0.2) is 0 Å². The number of carbonyl (C=O) groups excluding carboxylic acids is 3. The summed E-state index contributed by atoms with van der Waals surface area (Å²) in [6, 6.07) is -0.743. The monoisotopic (exact) mass is 641 g/mol. The summed E-state index contributed by atoms with van der Waals surface area (Å²) in [5.74, 6) is -3.61. The highest BCUT2D eigenvalue weighted by atomic mass is 16.7. The standard InChI is InChI=1S/C33H59N3O9/c1-12-25-33(8)22(13-26(37)45-33)21(6)35-16-17(2)15-32(7,41-11)29(18(3)27(38)19(4)30(40)43-25)44-31-28(39)23(36(9)10)14-24(42-31)20(5)34/h17-25,28-29,31,35,39H,12-16,34H2,1-11H3/t17-,18+,19?,20?,21-,22-,23?,24+,25-,28-,29-,31+,32-,33+/m1/s1. The van der Waals surface area contributed by atoms with E-state index in [9.17, 15) is 19.5 Å². The van der Waals surface area contributed by atoms with Crippen molar-refractivity contribution in [1.29, 1.82) is 0 Å². The molecule has 0 aliphatic carbocycles. The molecule has 3 unspecified atom stereocenters. The van der Waals surface area contributed by atoms with E-state index in [1.165, 1.54) is 6.92 Å². The van der Waals surface area contributed by atoms with Crippen LogP contribution in [0.25, 0.3) is 0 Å². The van der Waals surface area contributed by atoms with Gasteiger partial charge in [-0.3, -0.25) is 14.4 Å². The molecule has 0 spiro atoms. The Morgan fingerprint density at radius 3 is 2.36 bits per heavy atom. The van der Waals surface area contributed by atoms with Crippen LogP contribution in [0.5, 0.6) is 0 Å². The molecular weight excluding hydrogens is 582 g/mol. The molecule has 0 aromatic heterocycles. The maximum Gasteiger partial charge on any atom is 0.316 e. The third-order valence-corrected chi connectivity index (χ3v) is 10.6. The van der Waals surface area contributed by atoms with Crippen LogP contribution in [0.1, 0.15) is 81.1 Å². The maximum absolute atomic E-state index is 14.1. The zero-order valence-electron chi connectivity index (χ0n) is 29.2. The lowest BCUT2D eigenvalue weighted by molar-refractivity contribution is -0.299. The Hall–Kier alpha value is -1.67. The van der Waals surface area contributed by atoms with E-state index in [4.69, 9.17) is 29.4 Å². The number of aliphatic hydroxyl groups is 1. The molecule has 45 heavy (non-hydrogen) atoms. The topological polar surface area (TPSA) is 159 Å². The van der Waals surface area contributed by atoms with Crippen LogP contribution >= 0.6 is 0 Å². The fourth-order valence-electron chi connectivity index (χ4n) is 7.61. The summed E-state index contributed by atoms with van der Waals surface area (Å²) in [6.07, 6.45) is -2.53. The second-order valence-corrected chi connectivity index (χ2v) is 14.5. The van der Waals surface area contributed by atoms with Crippen LogP contribution < -0.4 is 11.1 Å². The van der Waals surface area contributed by atoms with Gasteiger partial charge in [0.15, 0.2) is 17.7 Å². The van der Waals surface area contributed by atoms with Gasteiger partial charge in [-0.15, -0.1) is 0 Å². The summed E-state index contributed by atoms with van der Waals surface area (Å²) in [5.41, 5.74) is 4.18. The third-order valence-electron chi connectivity index (χ3n) is 10.6. The zero-order valence-corrected chi connectivity index (χ0v) is 29.2. The van der Waals surface area contributed by atoms with E-state index in [1.54, 1.807) is 14.0 Å². The first-order valence-corrected chi connectivity index (χ1v) is 16.6. The minimum atomic E-state index is -1.14. The lowest BCUT2D eigenvalue weighted by Gasteiger charge is -2.47. The number of ether oxygens (including phenoxy) is 5. The van der Waals surface area contributed by atoms with Gasteiger partial charge in [0.1, 0.15) is 18.1 Å². The molecule has 0 aromatic carbocycles. The molecule has 0 radical (unpaired) electrons. The molecule has 14 atom stereocenters. The average molecular weight is 642 g/mol. The molecule has 0 saturated carbocycles. The van der Waals surface area contributed by atoms with Gasteiger partial charge in [0.05, 0.1) is 24.2 Å². The number of methoxy groups -OCH3 is 1. The van der Waals surface area contributed by atoms with Gasteiger partial charge in [0.25, 0.3) is 0 Å². The van der Waals surface area contributed by atoms with Crippen LogP contribution in [-0.4, -0.2) is 116 Å². The predicted molar refractivity (Wildman–Crippen MR) is 168 cm³/mol. The number of hydrogen-bond acceptors (Lipinski definition) is 12. The first-order chi connectivity index (χ1) is 20.9. The summed E-state index contributed by atoms with van der Waals surface area (Å²) in [5, 5.41) is 15.0. The van der Waals surface area contributed by atoms with Crippen LogP contribution in [0, 0.1) is 23.7 Å².